The normalized spacial score (nSPS) is 10.8. The maximum absolute atomic E-state index is 13.3. The monoisotopic (exact) mass is 275 g/mol. The average Bonchev–Trinajstić information content (AvgIpc) is 2.41. The van der Waals surface area contributed by atoms with Crippen molar-refractivity contribution in [3.05, 3.63) is 47.7 Å². The molecule has 0 fully saturated rings. The third-order valence-corrected chi connectivity index (χ3v) is 2.69. The molecule has 0 aliphatic carbocycles. The van der Waals surface area contributed by atoms with E-state index in [-0.39, 0.29) is 5.82 Å². The molecule has 0 aliphatic rings. The summed E-state index contributed by atoms with van der Waals surface area (Å²) in [7, 11) is 0. The number of nitrogens with zero attached hydrogens (tertiary/aromatic N) is 2. The Morgan fingerprint density at radius 2 is 2.05 bits per heavy atom. The van der Waals surface area contributed by atoms with Crippen molar-refractivity contribution in [3.8, 4) is 11.6 Å². The minimum absolute atomic E-state index is 0.298. The number of ether oxygens (including phenoxy) is 1. The third kappa shape index (κ3) is 3.99. The van der Waals surface area contributed by atoms with Gasteiger partial charge < -0.3 is 10.1 Å². The van der Waals surface area contributed by atoms with Crippen molar-refractivity contribution in [1.82, 2.24) is 15.3 Å². The molecule has 0 amide bonds. The molecule has 0 atom stereocenters. The fraction of sp³-hybridized carbons (Fsp3) is 0.333. The Bertz CT molecular complexity index is 570. The summed E-state index contributed by atoms with van der Waals surface area (Å²) >= 11 is 0. The Labute approximate surface area is 118 Å². The molecule has 4 nitrogen and oxygen atoms in total. The lowest BCUT2D eigenvalue weighted by atomic mass is 10.2. The average molecular weight is 275 g/mol. The highest BCUT2D eigenvalue weighted by Gasteiger charge is 2.09. The fourth-order valence-electron chi connectivity index (χ4n) is 1.63. The summed E-state index contributed by atoms with van der Waals surface area (Å²) < 4.78 is 19.0. The highest BCUT2D eigenvalue weighted by atomic mass is 19.1. The molecule has 106 valence electrons. The van der Waals surface area contributed by atoms with Crippen molar-refractivity contribution in [3.63, 3.8) is 0 Å². The van der Waals surface area contributed by atoms with Gasteiger partial charge in [0.1, 0.15) is 11.6 Å². The summed E-state index contributed by atoms with van der Waals surface area (Å²) in [5, 5.41) is 3.22. The smallest absolute Gasteiger partial charge is 0.223 e. The summed E-state index contributed by atoms with van der Waals surface area (Å²) in [4.78, 5) is 8.16. The van der Waals surface area contributed by atoms with Crippen LogP contribution in [0.15, 0.2) is 30.6 Å². The van der Waals surface area contributed by atoms with Gasteiger partial charge in [-0.25, -0.2) is 9.37 Å². The van der Waals surface area contributed by atoms with Gasteiger partial charge in [-0.05, 0) is 25.1 Å². The van der Waals surface area contributed by atoms with Crippen LogP contribution in [0.2, 0.25) is 0 Å². The number of aromatic nitrogens is 2. The molecule has 20 heavy (non-hydrogen) atoms. The molecule has 0 saturated heterocycles. The lowest BCUT2D eigenvalue weighted by molar-refractivity contribution is 0.443. The molecule has 0 spiro atoms. The molecule has 2 heterocycles. The van der Waals surface area contributed by atoms with Crippen molar-refractivity contribution >= 4 is 0 Å². The second kappa shape index (κ2) is 6.43. The molecule has 2 rings (SSSR count). The van der Waals surface area contributed by atoms with Gasteiger partial charge in [-0.3, -0.25) is 4.98 Å². The largest absolute Gasteiger partial charge is 0.437 e. The third-order valence-electron chi connectivity index (χ3n) is 2.69. The zero-order valence-electron chi connectivity index (χ0n) is 11.9. The van der Waals surface area contributed by atoms with E-state index in [9.17, 15) is 4.39 Å². The van der Waals surface area contributed by atoms with Crippen molar-refractivity contribution in [2.24, 2.45) is 0 Å². The van der Waals surface area contributed by atoms with Gasteiger partial charge in [-0.15, -0.1) is 0 Å². The molecule has 0 saturated carbocycles. The lowest BCUT2D eigenvalue weighted by Gasteiger charge is -2.12. The summed E-state index contributed by atoms with van der Waals surface area (Å²) in [6.07, 6.45) is 2.77. The Morgan fingerprint density at radius 1 is 1.25 bits per heavy atom. The molecule has 1 N–H and O–H groups in total. The maximum Gasteiger partial charge on any atom is 0.223 e. The van der Waals surface area contributed by atoms with Crippen LogP contribution in [0.3, 0.4) is 0 Å². The molecule has 0 radical (unpaired) electrons. The van der Waals surface area contributed by atoms with Gasteiger partial charge in [0.25, 0.3) is 0 Å². The molecule has 0 aromatic carbocycles. The Kier molecular flexibility index (Phi) is 4.63. The first-order valence-electron chi connectivity index (χ1n) is 6.53. The SMILES string of the molecule is Cc1ccc(Oc2ncc(F)cc2CNC(C)C)cn1. The number of pyridine rings is 2. The molecule has 0 bridgehead atoms. The first-order valence-corrected chi connectivity index (χ1v) is 6.53. The standard InChI is InChI=1S/C15H18FN3O/c1-10(2)17-7-12-6-13(16)8-19-15(12)20-14-5-4-11(3)18-9-14/h4-6,8-10,17H,7H2,1-3H3. The van der Waals surface area contributed by atoms with E-state index in [0.29, 0.717) is 29.8 Å². The first kappa shape index (κ1) is 14.4. The first-order chi connectivity index (χ1) is 9.54. The predicted octanol–water partition coefficient (Wildman–Crippen LogP) is 3.21. The van der Waals surface area contributed by atoms with E-state index in [0.717, 1.165) is 11.9 Å². The molecule has 0 unspecified atom stereocenters. The second-order valence-corrected chi connectivity index (χ2v) is 4.89. The van der Waals surface area contributed by atoms with Crippen molar-refractivity contribution in [2.75, 3.05) is 0 Å². The maximum atomic E-state index is 13.3. The topological polar surface area (TPSA) is 47.0 Å². The summed E-state index contributed by atoms with van der Waals surface area (Å²) in [6, 6.07) is 5.39. The van der Waals surface area contributed by atoms with E-state index in [4.69, 9.17) is 4.74 Å². The zero-order chi connectivity index (χ0) is 14.5. The van der Waals surface area contributed by atoms with Crippen LogP contribution in [0.4, 0.5) is 4.39 Å². The molecule has 2 aromatic rings. The van der Waals surface area contributed by atoms with Gasteiger partial charge in [-0.2, -0.15) is 0 Å². The summed E-state index contributed by atoms with van der Waals surface area (Å²) in [5.74, 6) is 0.602. The van der Waals surface area contributed by atoms with E-state index < -0.39 is 0 Å². The van der Waals surface area contributed by atoms with Gasteiger partial charge in [0.15, 0.2) is 0 Å². The van der Waals surface area contributed by atoms with Gasteiger partial charge in [0, 0.05) is 23.8 Å². The quantitative estimate of drug-likeness (QED) is 0.910. The van der Waals surface area contributed by atoms with E-state index in [2.05, 4.69) is 15.3 Å². The van der Waals surface area contributed by atoms with Crippen LogP contribution in [0.5, 0.6) is 11.6 Å². The zero-order valence-corrected chi connectivity index (χ0v) is 11.9. The second-order valence-electron chi connectivity index (χ2n) is 4.89. The predicted molar refractivity (Wildman–Crippen MR) is 75.2 cm³/mol. The van der Waals surface area contributed by atoms with Gasteiger partial charge in [0.2, 0.25) is 5.88 Å². The van der Waals surface area contributed by atoms with Crippen molar-refractivity contribution in [1.29, 1.82) is 0 Å². The van der Waals surface area contributed by atoms with Crippen LogP contribution in [-0.2, 0) is 6.54 Å². The Hall–Kier alpha value is -2.01. The Balaban J connectivity index is 2.19. The van der Waals surface area contributed by atoms with Crippen LogP contribution in [-0.4, -0.2) is 16.0 Å². The Morgan fingerprint density at radius 3 is 2.70 bits per heavy atom. The van der Waals surface area contributed by atoms with Crippen LogP contribution in [0.1, 0.15) is 25.1 Å². The van der Waals surface area contributed by atoms with Gasteiger partial charge in [-0.1, -0.05) is 13.8 Å². The van der Waals surface area contributed by atoms with E-state index in [1.165, 1.54) is 6.07 Å². The molecular formula is C15H18FN3O. The number of nitrogens with one attached hydrogen (secondary N) is 1. The minimum atomic E-state index is -0.375. The molecule has 0 aliphatic heterocycles. The molecule has 5 heteroatoms. The summed E-state index contributed by atoms with van der Waals surface area (Å²) in [5.41, 5.74) is 1.59. The van der Waals surface area contributed by atoms with Crippen molar-refractivity contribution < 1.29 is 9.13 Å². The van der Waals surface area contributed by atoms with Gasteiger partial charge in [0.05, 0.1) is 12.4 Å². The van der Waals surface area contributed by atoms with E-state index >= 15 is 0 Å². The van der Waals surface area contributed by atoms with E-state index in [1.807, 2.05) is 32.9 Å². The number of aryl methyl sites for hydroxylation is 1. The molecular weight excluding hydrogens is 257 g/mol. The van der Waals surface area contributed by atoms with E-state index in [1.54, 1.807) is 6.20 Å². The number of rotatable bonds is 5. The molecule has 2 aromatic heterocycles. The van der Waals surface area contributed by atoms with Crippen LogP contribution < -0.4 is 10.1 Å². The number of hydrogen-bond donors (Lipinski definition) is 1. The lowest BCUT2D eigenvalue weighted by Crippen LogP contribution is -2.22. The van der Waals surface area contributed by atoms with Gasteiger partial charge >= 0.3 is 0 Å². The van der Waals surface area contributed by atoms with Crippen molar-refractivity contribution in [2.45, 2.75) is 33.4 Å². The van der Waals surface area contributed by atoms with Crippen LogP contribution in [0.25, 0.3) is 0 Å². The number of hydrogen-bond acceptors (Lipinski definition) is 4. The fourth-order valence-corrected chi connectivity index (χ4v) is 1.63. The van der Waals surface area contributed by atoms with Crippen LogP contribution >= 0.6 is 0 Å². The highest BCUT2D eigenvalue weighted by molar-refractivity contribution is 5.31. The highest BCUT2D eigenvalue weighted by Crippen LogP contribution is 2.23. The summed E-state index contributed by atoms with van der Waals surface area (Å²) in [6.45, 7) is 6.45. The minimum Gasteiger partial charge on any atom is -0.437 e. The van der Waals surface area contributed by atoms with Crippen LogP contribution in [0, 0.1) is 12.7 Å². The number of halogens is 1.